The lowest BCUT2D eigenvalue weighted by Crippen LogP contribution is -2.27. The summed E-state index contributed by atoms with van der Waals surface area (Å²) in [4.78, 5) is 0. The monoisotopic (exact) mass is 226 g/mol. The standard InChI is InChI=1S/C13H10N2O2/c14-9-11-4-6-12(7-5-11)10-17-13-3-1-2-8-15(13)16/h1-8H,10H2. The molecule has 1 aromatic carbocycles. The Morgan fingerprint density at radius 1 is 1.18 bits per heavy atom. The smallest absolute Gasteiger partial charge is 0.379 e. The number of benzene rings is 1. The summed E-state index contributed by atoms with van der Waals surface area (Å²) in [6, 6.07) is 14.1. The third-order valence-electron chi connectivity index (χ3n) is 2.26. The molecule has 0 radical (unpaired) electrons. The summed E-state index contributed by atoms with van der Waals surface area (Å²) in [5.74, 6) is 0.261. The van der Waals surface area contributed by atoms with Gasteiger partial charge in [0.2, 0.25) is 0 Å². The molecule has 4 heteroatoms. The molecule has 0 aliphatic heterocycles. The van der Waals surface area contributed by atoms with Gasteiger partial charge in [0.25, 0.3) is 0 Å². The molecule has 0 aliphatic carbocycles. The highest BCUT2D eigenvalue weighted by molar-refractivity contribution is 5.31. The summed E-state index contributed by atoms with van der Waals surface area (Å²) in [5, 5.41) is 19.9. The van der Waals surface area contributed by atoms with Crippen LogP contribution in [0.1, 0.15) is 11.1 Å². The molecule has 4 nitrogen and oxygen atoms in total. The number of pyridine rings is 1. The van der Waals surface area contributed by atoms with Gasteiger partial charge in [-0.1, -0.05) is 12.1 Å². The molecule has 17 heavy (non-hydrogen) atoms. The minimum atomic E-state index is 0.261. The minimum absolute atomic E-state index is 0.261. The zero-order valence-electron chi connectivity index (χ0n) is 9.04. The quantitative estimate of drug-likeness (QED) is 0.592. The van der Waals surface area contributed by atoms with Crippen LogP contribution in [0, 0.1) is 16.5 Å². The van der Waals surface area contributed by atoms with Crippen LogP contribution >= 0.6 is 0 Å². The van der Waals surface area contributed by atoms with Crippen LogP contribution in [0.5, 0.6) is 5.88 Å². The van der Waals surface area contributed by atoms with Gasteiger partial charge in [-0.25, -0.2) is 0 Å². The average Bonchev–Trinajstić information content (AvgIpc) is 2.38. The fraction of sp³-hybridized carbons (Fsp3) is 0.0769. The largest absolute Gasteiger partial charge is 0.616 e. The van der Waals surface area contributed by atoms with Gasteiger partial charge in [-0.15, -0.1) is 4.73 Å². The zero-order valence-corrected chi connectivity index (χ0v) is 9.04. The van der Waals surface area contributed by atoms with Crippen molar-refractivity contribution in [3.8, 4) is 11.9 Å². The van der Waals surface area contributed by atoms with Crippen molar-refractivity contribution < 1.29 is 9.47 Å². The van der Waals surface area contributed by atoms with Gasteiger partial charge in [0.05, 0.1) is 17.7 Å². The number of hydrogen-bond donors (Lipinski definition) is 0. The van der Waals surface area contributed by atoms with Crippen LogP contribution in [-0.4, -0.2) is 0 Å². The van der Waals surface area contributed by atoms with Crippen LogP contribution in [0.2, 0.25) is 0 Å². The highest BCUT2D eigenvalue weighted by Gasteiger charge is 2.04. The molecule has 0 amide bonds. The third kappa shape index (κ3) is 2.73. The summed E-state index contributed by atoms with van der Waals surface area (Å²) in [7, 11) is 0. The molecule has 0 fully saturated rings. The van der Waals surface area contributed by atoms with E-state index in [4.69, 9.17) is 10.00 Å². The molecule has 1 heterocycles. The Morgan fingerprint density at radius 3 is 2.59 bits per heavy atom. The predicted molar refractivity (Wildman–Crippen MR) is 60.9 cm³/mol. The van der Waals surface area contributed by atoms with E-state index in [1.807, 2.05) is 6.07 Å². The van der Waals surface area contributed by atoms with Gasteiger partial charge >= 0.3 is 5.88 Å². The zero-order chi connectivity index (χ0) is 12.1. The Morgan fingerprint density at radius 2 is 1.94 bits per heavy atom. The lowest BCUT2D eigenvalue weighted by atomic mass is 10.2. The van der Waals surface area contributed by atoms with Crippen LogP contribution in [0.4, 0.5) is 0 Å². The van der Waals surface area contributed by atoms with Crippen LogP contribution in [0.15, 0.2) is 48.7 Å². The van der Waals surface area contributed by atoms with Crippen molar-refractivity contribution in [2.45, 2.75) is 6.61 Å². The normalized spacial score (nSPS) is 9.59. The molecule has 0 unspecified atom stereocenters. The predicted octanol–water partition coefficient (Wildman–Crippen LogP) is 1.77. The summed E-state index contributed by atoms with van der Waals surface area (Å²) >= 11 is 0. The van der Waals surface area contributed by atoms with Gasteiger partial charge in [0.15, 0.2) is 6.20 Å². The summed E-state index contributed by atoms with van der Waals surface area (Å²) in [6.45, 7) is 0.304. The molecule has 0 N–H and O–H groups in total. The van der Waals surface area contributed by atoms with Crippen molar-refractivity contribution in [3.63, 3.8) is 0 Å². The topological polar surface area (TPSA) is 60.0 Å². The molecule has 0 atom stereocenters. The van der Waals surface area contributed by atoms with E-state index in [-0.39, 0.29) is 5.88 Å². The SMILES string of the molecule is N#Cc1ccc(COc2cccc[n+]2[O-])cc1. The molecule has 0 spiro atoms. The summed E-state index contributed by atoms with van der Waals surface area (Å²) in [5.41, 5.74) is 1.51. The fourth-order valence-electron chi connectivity index (χ4n) is 1.36. The van der Waals surface area contributed by atoms with Gasteiger partial charge in [0, 0.05) is 6.07 Å². The first kappa shape index (κ1) is 11.0. The molecule has 2 aromatic rings. The van der Waals surface area contributed by atoms with Gasteiger partial charge in [-0.05, 0) is 23.8 Å². The second-order valence-electron chi connectivity index (χ2n) is 3.46. The molecule has 0 saturated carbocycles. The van der Waals surface area contributed by atoms with Gasteiger partial charge in [-0.3, -0.25) is 0 Å². The maximum absolute atomic E-state index is 11.3. The molecule has 84 valence electrons. The van der Waals surface area contributed by atoms with Crippen LogP contribution in [0.25, 0.3) is 0 Å². The number of ether oxygens (including phenoxy) is 1. The molecular formula is C13H10N2O2. The van der Waals surface area contributed by atoms with Gasteiger partial charge in [0.1, 0.15) is 6.61 Å². The molecule has 0 bridgehead atoms. The van der Waals surface area contributed by atoms with E-state index in [9.17, 15) is 5.21 Å². The number of aromatic nitrogens is 1. The number of hydrogen-bond acceptors (Lipinski definition) is 3. The van der Waals surface area contributed by atoms with Gasteiger partial charge in [-0.2, -0.15) is 5.26 Å². The number of nitrogens with zero attached hydrogens (tertiary/aromatic N) is 2. The highest BCUT2D eigenvalue weighted by Crippen LogP contribution is 2.08. The van der Waals surface area contributed by atoms with Crippen LogP contribution in [-0.2, 0) is 6.61 Å². The van der Waals surface area contributed by atoms with Crippen molar-refractivity contribution in [2.24, 2.45) is 0 Å². The van der Waals surface area contributed by atoms with Crippen molar-refractivity contribution in [1.82, 2.24) is 0 Å². The third-order valence-corrected chi connectivity index (χ3v) is 2.26. The van der Waals surface area contributed by atoms with E-state index >= 15 is 0 Å². The second kappa shape index (κ2) is 4.99. The van der Waals surface area contributed by atoms with E-state index in [0.717, 1.165) is 5.56 Å². The first-order valence-electron chi connectivity index (χ1n) is 5.09. The highest BCUT2D eigenvalue weighted by atomic mass is 16.5. The van der Waals surface area contributed by atoms with E-state index in [1.165, 1.54) is 6.20 Å². The maximum atomic E-state index is 11.3. The Kier molecular flexibility index (Phi) is 3.22. The Balaban J connectivity index is 2.03. The summed E-state index contributed by atoms with van der Waals surface area (Å²) in [6.07, 6.45) is 1.38. The van der Waals surface area contributed by atoms with Crippen molar-refractivity contribution in [3.05, 3.63) is 65.0 Å². The van der Waals surface area contributed by atoms with Crippen molar-refractivity contribution in [1.29, 1.82) is 5.26 Å². The van der Waals surface area contributed by atoms with Crippen molar-refractivity contribution >= 4 is 0 Å². The van der Waals surface area contributed by atoms with E-state index in [1.54, 1.807) is 42.5 Å². The lowest BCUT2D eigenvalue weighted by molar-refractivity contribution is -0.613. The molecular weight excluding hydrogens is 216 g/mol. The summed E-state index contributed by atoms with van der Waals surface area (Å²) < 4.78 is 6.03. The van der Waals surface area contributed by atoms with E-state index < -0.39 is 0 Å². The first-order chi connectivity index (χ1) is 8.29. The average molecular weight is 226 g/mol. The maximum Gasteiger partial charge on any atom is 0.379 e. The number of nitriles is 1. The van der Waals surface area contributed by atoms with E-state index in [0.29, 0.717) is 16.9 Å². The molecule has 1 aromatic heterocycles. The van der Waals surface area contributed by atoms with Gasteiger partial charge < -0.3 is 9.94 Å². The van der Waals surface area contributed by atoms with Crippen molar-refractivity contribution in [2.75, 3.05) is 0 Å². The molecule has 0 aliphatic rings. The Labute approximate surface area is 98.9 Å². The van der Waals surface area contributed by atoms with Crippen LogP contribution < -0.4 is 9.47 Å². The minimum Gasteiger partial charge on any atom is -0.616 e. The molecule has 0 saturated heterocycles. The van der Waals surface area contributed by atoms with Crippen LogP contribution in [0.3, 0.4) is 0 Å². The fourth-order valence-corrected chi connectivity index (χ4v) is 1.36. The molecule has 2 rings (SSSR count). The van der Waals surface area contributed by atoms with E-state index in [2.05, 4.69) is 0 Å². The lowest BCUT2D eigenvalue weighted by Gasteiger charge is -2.05. The first-order valence-corrected chi connectivity index (χ1v) is 5.09. The number of rotatable bonds is 3. The second-order valence-corrected chi connectivity index (χ2v) is 3.46. The Hall–Kier alpha value is -2.54. The Bertz CT molecular complexity index is 544.